The lowest BCUT2D eigenvalue weighted by molar-refractivity contribution is -0.147. The van der Waals surface area contributed by atoms with Gasteiger partial charge in [0.05, 0.1) is 12.6 Å². The summed E-state index contributed by atoms with van der Waals surface area (Å²) in [6.07, 6.45) is -0.227. The normalized spacial score (nSPS) is 18.9. The lowest BCUT2D eigenvalue weighted by atomic mass is 9.96. The first kappa shape index (κ1) is 17.3. The van der Waals surface area contributed by atoms with E-state index in [-0.39, 0.29) is 6.04 Å². The van der Waals surface area contributed by atoms with E-state index in [0.717, 1.165) is 19.3 Å². The van der Waals surface area contributed by atoms with Crippen LogP contribution in [-0.4, -0.2) is 42.3 Å². The van der Waals surface area contributed by atoms with Gasteiger partial charge in [0.15, 0.2) is 0 Å². The number of unbranched alkanes of at least 4 members (excludes halogenated alkanes) is 1. The monoisotopic (exact) mass is 291 g/mol. The van der Waals surface area contributed by atoms with E-state index in [1.807, 2.05) is 13.8 Å². The maximum atomic E-state index is 12.5. The van der Waals surface area contributed by atoms with Gasteiger partial charge in [-0.15, -0.1) is 0 Å². The van der Waals surface area contributed by atoms with Crippen LogP contribution in [0.3, 0.4) is 0 Å². The average molecular weight is 291 g/mol. The SMILES string of the molecule is CCNC(C)(C#N)CCCCN(CC(F)(F)F)C1CC1. The molecule has 0 spiro atoms. The Balaban J connectivity index is 2.29. The highest BCUT2D eigenvalue weighted by Gasteiger charge is 2.37. The first-order valence-electron chi connectivity index (χ1n) is 7.27. The molecule has 1 rings (SSSR count). The molecule has 0 heterocycles. The molecule has 1 aliphatic carbocycles. The van der Waals surface area contributed by atoms with Crippen molar-refractivity contribution in [3.63, 3.8) is 0 Å². The molecule has 1 atom stereocenters. The van der Waals surface area contributed by atoms with Crippen molar-refractivity contribution in [3.8, 4) is 6.07 Å². The summed E-state index contributed by atoms with van der Waals surface area (Å²) >= 11 is 0. The number of halogens is 3. The maximum Gasteiger partial charge on any atom is 0.401 e. The molecule has 1 saturated carbocycles. The number of nitrogens with zero attached hydrogens (tertiary/aromatic N) is 2. The zero-order chi connectivity index (χ0) is 15.2. The molecule has 1 N–H and O–H groups in total. The Kier molecular flexibility index (Phi) is 6.28. The topological polar surface area (TPSA) is 39.1 Å². The van der Waals surface area contributed by atoms with Gasteiger partial charge >= 0.3 is 6.18 Å². The van der Waals surface area contributed by atoms with Gasteiger partial charge in [0.1, 0.15) is 5.54 Å². The fraction of sp³-hybridized carbons (Fsp3) is 0.929. The Morgan fingerprint density at radius 1 is 1.30 bits per heavy atom. The third kappa shape index (κ3) is 6.58. The quantitative estimate of drug-likeness (QED) is 0.664. The second kappa shape index (κ2) is 7.28. The van der Waals surface area contributed by atoms with Crippen LogP contribution in [0.25, 0.3) is 0 Å². The van der Waals surface area contributed by atoms with Crippen LogP contribution in [-0.2, 0) is 0 Å². The van der Waals surface area contributed by atoms with E-state index in [4.69, 9.17) is 5.26 Å². The molecular formula is C14H24F3N3. The van der Waals surface area contributed by atoms with Gasteiger partial charge in [-0.2, -0.15) is 18.4 Å². The van der Waals surface area contributed by atoms with Gasteiger partial charge in [-0.05, 0) is 52.1 Å². The molecule has 0 bridgehead atoms. The third-order valence-electron chi connectivity index (χ3n) is 3.63. The molecular weight excluding hydrogens is 267 g/mol. The van der Waals surface area contributed by atoms with Crippen molar-refractivity contribution < 1.29 is 13.2 Å². The largest absolute Gasteiger partial charge is 0.401 e. The first-order valence-corrected chi connectivity index (χ1v) is 7.27. The number of rotatable bonds is 9. The lowest BCUT2D eigenvalue weighted by Crippen LogP contribution is -2.41. The standard InChI is InChI=1S/C14H24F3N3/c1-3-19-13(2,10-18)8-4-5-9-20(12-6-7-12)11-14(15,16)17/h12,19H,3-9,11H2,1-2H3. The first-order chi connectivity index (χ1) is 9.29. The molecule has 1 fully saturated rings. The summed E-state index contributed by atoms with van der Waals surface area (Å²) in [6, 6.07) is 2.35. The van der Waals surface area contributed by atoms with Crippen molar-refractivity contribution in [2.24, 2.45) is 0 Å². The van der Waals surface area contributed by atoms with Crippen molar-refractivity contribution in [1.82, 2.24) is 10.2 Å². The fourth-order valence-electron chi connectivity index (χ4n) is 2.43. The van der Waals surface area contributed by atoms with Crippen LogP contribution in [0.5, 0.6) is 0 Å². The van der Waals surface area contributed by atoms with E-state index in [0.29, 0.717) is 25.9 Å². The van der Waals surface area contributed by atoms with E-state index in [9.17, 15) is 13.2 Å². The molecule has 0 aromatic rings. The molecule has 1 unspecified atom stereocenters. The summed E-state index contributed by atoms with van der Waals surface area (Å²) in [5.41, 5.74) is -0.566. The highest BCUT2D eigenvalue weighted by atomic mass is 19.4. The summed E-state index contributed by atoms with van der Waals surface area (Å²) in [5.74, 6) is 0. The van der Waals surface area contributed by atoms with Gasteiger partial charge in [-0.1, -0.05) is 6.92 Å². The van der Waals surface area contributed by atoms with Crippen molar-refractivity contribution in [1.29, 1.82) is 5.26 Å². The van der Waals surface area contributed by atoms with Gasteiger partial charge in [0, 0.05) is 6.04 Å². The molecule has 20 heavy (non-hydrogen) atoms. The van der Waals surface area contributed by atoms with E-state index in [2.05, 4.69) is 11.4 Å². The molecule has 0 aromatic carbocycles. The van der Waals surface area contributed by atoms with Gasteiger partial charge < -0.3 is 0 Å². The van der Waals surface area contributed by atoms with Gasteiger partial charge in [-0.3, -0.25) is 10.2 Å². The number of hydrogen-bond donors (Lipinski definition) is 1. The summed E-state index contributed by atoms with van der Waals surface area (Å²) in [5, 5.41) is 12.2. The summed E-state index contributed by atoms with van der Waals surface area (Å²) in [4.78, 5) is 1.54. The fourth-order valence-corrected chi connectivity index (χ4v) is 2.43. The van der Waals surface area contributed by atoms with Crippen molar-refractivity contribution in [2.45, 2.75) is 63.7 Å². The lowest BCUT2D eigenvalue weighted by Gasteiger charge is -2.25. The van der Waals surface area contributed by atoms with E-state index < -0.39 is 18.3 Å². The van der Waals surface area contributed by atoms with Crippen LogP contribution < -0.4 is 5.32 Å². The minimum absolute atomic E-state index is 0.118. The van der Waals surface area contributed by atoms with Gasteiger partial charge in [0.25, 0.3) is 0 Å². The number of nitriles is 1. The van der Waals surface area contributed by atoms with Crippen LogP contribution in [0.15, 0.2) is 0 Å². The summed E-state index contributed by atoms with van der Waals surface area (Å²) < 4.78 is 37.4. The van der Waals surface area contributed by atoms with Crippen LogP contribution in [0.1, 0.15) is 46.0 Å². The Morgan fingerprint density at radius 3 is 2.40 bits per heavy atom. The van der Waals surface area contributed by atoms with Crippen LogP contribution in [0.4, 0.5) is 13.2 Å². The van der Waals surface area contributed by atoms with Gasteiger partial charge in [-0.25, -0.2) is 0 Å². The molecule has 0 aromatic heterocycles. The van der Waals surface area contributed by atoms with Crippen LogP contribution in [0.2, 0.25) is 0 Å². The Labute approximate surface area is 119 Å². The smallest absolute Gasteiger partial charge is 0.300 e. The predicted octanol–water partition coefficient (Wildman–Crippen LogP) is 3.08. The minimum atomic E-state index is -4.12. The molecule has 0 radical (unpaired) electrons. The van der Waals surface area contributed by atoms with E-state index in [1.54, 1.807) is 0 Å². The maximum absolute atomic E-state index is 12.5. The summed E-state index contributed by atoms with van der Waals surface area (Å²) in [6.45, 7) is 4.16. The zero-order valence-corrected chi connectivity index (χ0v) is 12.3. The van der Waals surface area contributed by atoms with Crippen LogP contribution >= 0.6 is 0 Å². The number of hydrogen-bond acceptors (Lipinski definition) is 3. The molecule has 0 amide bonds. The summed E-state index contributed by atoms with van der Waals surface area (Å²) in [7, 11) is 0. The molecule has 0 saturated heterocycles. The van der Waals surface area contributed by atoms with E-state index in [1.165, 1.54) is 4.90 Å². The predicted molar refractivity (Wildman–Crippen MR) is 72.2 cm³/mol. The molecule has 3 nitrogen and oxygen atoms in total. The molecule has 116 valence electrons. The third-order valence-corrected chi connectivity index (χ3v) is 3.63. The highest BCUT2D eigenvalue weighted by Crippen LogP contribution is 2.30. The molecule has 6 heteroatoms. The Hall–Kier alpha value is -0.800. The van der Waals surface area contributed by atoms with Crippen molar-refractivity contribution in [3.05, 3.63) is 0 Å². The second-order valence-electron chi connectivity index (χ2n) is 5.75. The Bertz CT molecular complexity index is 334. The zero-order valence-electron chi connectivity index (χ0n) is 12.3. The highest BCUT2D eigenvalue weighted by molar-refractivity contribution is 5.03. The minimum Gasteiger partial charge on any atom is -0.300 e. The van der Waals surface area contributed by atoms with Gasteiger partial charge in [0.2, 0.25) is 0 Å². The molecule has 1 aliphatic rings. The van der Waals surface area contributed by atoms with Crippen molar-refractivity contribution in [2.75, 3.05) is 19.6 Å². The van der Waals surface area contributed by atoms with Crippen LogP contribution in [0, 0.1) is 11.3 Å². The Morgan fingerprint density at radius 2 is 1.95 bits per heavy atom. The van der Waals surface area contributed by atoms with Crippen molar-refractivity contribution >= 4 is 0 Å². The molecule has 0 aliphatic heterocycles. The van der Waals surface area contributed by atoms with E-state index >= 15 is 0 Å². The number of nitrogens with one attached hydrogen (secondary N) is 1. The average Bonchev–Trinajstić information content (AvgIpc) is 3.16. The second-order valence-corrected chi connectivity index (χ2v) is 5.75. The number of alkyl halides is 3.